The highest BCUT2D eigenvalue weighted by Crippen LogP contribution is 2.23. The number of carbonyl (C=O) groups is 2. The van der Waals surface area contributed by atoms with E-state index in [1.807, 2.05) is 13.8 Å². The maximum absolute atomic E-state index is 12.3. The zero-order chi connectivity index (χ0) is 16.9. The average Bonchev–Trinajstić information content (AvgIpc) is 2.47. The lowest BCUT2D eigenvalue weighted by Gasteiger charge is -2.23. The van der Waals surface area contributed by atoms with E-state index in [9.17, 15) is 19.7 Å². The molecular formula is C14H18ClN3O4. The third-order valence-corrected chi connectivity index (χ3v) is 3.46. The fourth-order valence-corrected chi connectivity index (χ4v) is 2.17. The molecule has 0 aliphatic carbocycles. The molecule has 0 unspecified atom stereocenters. The number of carbonyl (C=O) groups excluding carboxylic acids is 2. The van der Waals surface area contributed by atoms with Gasteiger partial charge in [-0.15, -0.1) is 0 Å². The Morgan fingerprint density at radius 3 is 2.36 bits per heavy atom. The Morgan fingerprint density at radius 1 is 1.27 bits per heavy atom. The Balaban J connectivity index is 2.98. The quantitative estimate of drug-likeness (QED) is 0.592. The fraction of sp³-hybridized carbons (Fsp3) is 0.429. The van der Waals surface area contributed by atoms with Gasteiger partial charge in [-0.1, -0.05) is 11.6 Å². The molecule has 0 aromatic heterocycles. The van der Waals surface area contributed by atoms with Crippen molar-refractivity contribution in [1.82, 2.24) is 9.80 Å². The van der Waals surface area contributed by atoms with Crippen molar-refractivity contribution < 1.29 is 14.5 Å². The molecule has 1 aromatic rings. The van der Waals surface area contributed by atoms with Crippen LogP contribution in [0, 0.1) is 10.1 Å². The summed E-state index contributed by atoms with van der Waals surface area (Å²) in [6.07, 6.45) is 0. The number of hydrogen-bond acceptors (Lipinski definition) is 4. The first-order chi connectivity index (χ1) is 10.3. The first-order valence-corrected chi connectivity index (χ1v) is 7.16. The fourth-order valence-electron chi connectivity index (χ4n) is 2.00. The van der Waals surface area contributed by atoms with Gasteiger partial charge in [0, 0.05) is 31.2 Å². The minimum Gasteiger partial charge on any atom is -0.342 e. The molecule has 7 nitrogen and oxygen atoms in total. The molecule has 0 atom stereocenters. The third kappa shape index (κ3) is 4.17. The third-order valence-electron chi connectivity index (χ3n) is 3.22. The highest BCUT2D eigenvalue weighted by Gasteiger charge is 2.25. The van der Waals surface area contributed by atoms with Crippen LogP contribution in [0.2, 0.25) is 5.02 Å². The van der Waals surface area contributed by atoms with E-state index < -0.39 is 10.8 Å². The number of benzene rings is 1. The summed E-state index contributed by atoms with van der Waals surface area (Å²) in [6.45, 7) is 4.60. The summed E-state index contributed by atoms with van der Waals surface area (Å²) in [5.74, 6) is -0.833. The van der Waals surface area contributed by atoms with Crippen LogP contribution >= 0.6 is 11.6 Å². The van der Waals surface area contributed by atoms with E-state index >= 15 is 0 Å². The van der Waals surface area contributed by atoms with Crippen LogP contribution in [0.5, 0.6) is 0 Å². The predicted octanol–water partition coefficient (Wildman–Crippen LogP) is 2.19. The highest BCUT2D eigenvalue weighted by atomic mass is 35.5. The number of nitro benzene ring substituents is 1. The van der Waals surface area contributed by atoms with Gasteiger partial charge in [-0.3, -0.25) is 19.7 Å². The SMILES string of the molecule is CCN(CC)C(=O)CN(C)C(=O)c1cc(Cl)ccc1[N+](=O)[O-]. The standard InChI is InChI=1S/C14H18ClN3O4/c1-4-17(5-2)13(19)9-16(3)14(20)11-8-10(15)6-7-12(11)18(21)22/h6-8H,4-5,9H2,1-3H3. The van der Waals surface area contributed by atoms with Crippen molar-refractivity contribution >= 4 is 29.1 Å². The monoisotopic (exact) mass is 327 g/mol. The molecule has 0 spiro atoms. The van der Waals surface area contributed by atoms with E-state index in [0.29, 0.717) is 13.1 Å². The van der Waals surface area contributed by atoms with Crippen molar-refractivity contribution in [2.45, 2.75) is 13.8 Å². The summed E-state index contributed by atoms with van der Waals surface area (Å²) in [6, 6.07) is 3.76. The zero-order valence-electron chi connectivity index (χ0n) is 12.7. The van der Waals surface area contributed by atoms with Gasteiger partial charge in [0.25, 0.3) is 11.6 Å². The highest BCUT2D eigenvalue weighted by molar-refractivity contribution is 6.31. The molecule has 0 radical (unpaired) electrons. The Bertz CT molecular complexity index is 587. The maximum atomic E-state index is 12.3. The molecular weight excluding hydrogens is 310 g/mol. The Morgan fingerprint density at radius 2 is 1.86 bits per heavy atom. The van der Waals surface area contributed by atoms with Gasteiger partial charge in [-0.2, -0.15) is 0 Å². The van der Waals surface area contributed by atoms with Crippen LogP contribution in [0.1, 0.15) is 24.2 Å². The van der Waals surface area contributed by atoms with Crippen LogP contribution in [-0.2, 0) is 4.79 Å². The normalized spacial score (nSPS) is 10.2. The lowest BCUT2D eigenvalue weighted by Crippen LogP contribution is -2.41. The largest absolute Gasteiger partial charge is 0.342 e. The Hall–Kier alpha value is -2.15. The van der Waals surface area contributed by atoms with Crippen LogP contribution in [0.15, 0.2) is 18.2 Å². The van der Waals surface area contributed by atoms with Crippen molar-refractivity contribution in [1.29, 1.82) is 0 Å². The Labute approximate surface area is 133 Å². The summed E-state index contributed by atoms with van der Waals surface area (Å²) in [5, 5.41) is 11.2. The molecule has 0 aliphatic rings. The molecule has 2 amide bonds. The number of halogens is 1. The molecule has 0 bridgehead atoms. The van der Waals surface area contributed by atoms with Crippen LogP contribution in [-0.4, -0.2) is 53.2 Å². The zero-order valence-corrected chi connectivity index (χ0v) is 13.5. The van der Waals surface area contributed by atoms with Crippen LogP contribution in [0.25, 0.3) is 0 Å². The van der Waals surface area contributed by atoms with Gasteiger partial charge in [0.05, 0.1) is 11.5 Å². The molecule has 1 rings (SSSR count). The van der Waals surface area contributed by atoms with Crippen molar-refractivity contribution in [2.24, 2.45) is 0 Å². The number of nitro groups is 1. The molecule has 0 saturated heterocycles. The Kier molecular flexibility index (Phi) is 6.30. The van der Waals surface area contributed by atoms with Gasteiger partial charge >= 0.3 is 0 Å². The summed E-state index contributed by atoms with van der Waals surface area (Å²) < 4.78 is 0. The van der Waals surface area contributed by atoms with Gasteiger partial charge in [-0.05, 0) is 26.0 Å². The number of nitrogens with zero attached hydrogens (tertiary/aromatic N) is 3. The van der Waals surface area contributed by atoms with E-state index in [2.05, 4.69) is 0 Å². The van der Waals surface area contributed by atoms with Crippen LogP contribution < -0.4 is 0 Å². The van der Waals surface area contributed by atoms with Gasteiger partial charge in [0.1, 0.15) is 5.56 Å². The molecule has 0 aliphatic heterocycles. The molecule has 120 valence electrons. The van der Waals surface area contributed by atoms with Crippen molar-refractivity contribution in [2.75, 3.05) is 26.7 Å². The van der Waals surface area contributed by atoms with Crippen molar-refractivity contribution in [3.8, 4) is 0 Å². The van der Waals surface area contributed by atoms with Crippen molar-refractivity contribution in [3.05, 3.63) is 38.9 Å². The second-order valence-electron chi connectivity index (χ2n) is 4.65. The van der Waals surface area contributed by atoms with E-state index in [-0.39, 0.29) is 28.7 Å². The number of amides is 2. The van der Waals surface area contributed by atoms with E-state index in [1.54, 1.807) is 4.90 Å². The number of rotatable bonds is 6. The first kappa shape index (κ1) is 17.9. The summed E-state index contributed by atoms with van der Waals surface area (Å²) in [5.41, 5.74) is -0.469. The topological polar surface area (TPSA) is 83.8 Å². The summed E-state index contributed by atoms with van der Waals surface area (Å²) >= 11 is 5.80. The summed E-state index contributed by atoms with van der Waals surface area (Å²) in [7, 11) is 1.42. The maximum Gasteiger partial charge on any atom is 0.282 e. The second kappa shape index (κ2) is 7.74. The molecule has 0 heterocycles. The minimum absolute atomic E-state index is 0.132. The molecule has 1 aromatic carbocycles. The predicted molar refractivity (Wildman–Crippen MR) is 83.0 cm³/mol. The van der Waals surface area contributed by atoms with Gasteiger partial charge in [0.2, 0.25) is 5.91 Å². The average molecular weight is 328 g/mol. The molecule has 8 heteroatoms. The molecule has 0 N–H and O–H groups in total. The van der Waals surface area contributed by atoms with E-state index in [1.165, 1.54) is 25.2 Å². The summed E-state index contributed by atoms with van der Waals surface area (Å²) in [4.78, 5) is 37.4. The lowest BCUT2D eigenvalue weighted by molar-refractivity contribution is -0.385. The van der Waals surface area contributed by atoms with Crippen molar-refractivity contribution in [3.63, 3.8) is 0 Å². The van der Waals surface area contributed by atoms with Crippen LogP contribution in [0.3, 0.4) is 0 Å². The van der Waals surface area contributed by atoms with Gasteiger partial charge in [-0.25, -0.2) is 0 Å². The van der Waals surface area contributed by atoms with Crippen LogP contribution in [0.4, 0.5) is 5.69 Å². The van der Waals surface area contributed by atoms with Gasteiger partial charge in [0.15, 0.2) is 0 Å². The second-order valence-corrected chi connectivity index (χ2v) is 5.08. The number of hydrogen-bond donors (Lipinski definition) is 0. The number of likely N-dealkylation sites (N-methyl/N-ethyl adjacent to an activating group) is 2. The van der Waals surface area contributed by atoms with E-state index in [4.69, 9.17) is 11.6 Å². The minimum atomic E-state index is -0.649. The molecule has 0 fully saturated rings. The first-order valence-electron chi connectivity index (χ1n) is 6.78. The molecule has 22 heavy (non-hydrogen) atoms. The van der Waals surface area contributed by atoms with E-state index in [0.717, 1.165) is 4.90 Å². The molecule has 0 saturated carbocycles. The van der Waals surface area contributed by atoms with Gasteiger partial charge < -0.3 is 9.80 Å². The lowest BCUT2D eigenvalue weighted by atomic mass is 10.1. The smallest absolute Gasteiger partial charge is 0.282 e.